The van der Waals surface area contributed by atoms with Gasteiger partial charge in [-0.2, -0.15) is 0 Å². The van der Waals surface area contributed by atoms with E-state index in [9.17, 15) is 9.18 Å². The molecule has 4 atom stereocenters. The van der Waals surface area contributed by atoms with Gasteiger partial charge in [-0.15, -0.1) is 0 Å². The van der Waals surface area contributed by atoms with Crippen molar-refractivity contribution in [1.29, 1.82) is 0 Å². The maximum Gasteiger partial charge on any atom is 0.319 e. The third kappa shape index (κ3) is 5.87. The van der Waals surface area contributed by atoms with E-state index in [2.05, 4.69) is 25.3 Å². The second-order valence-corrected chi connectivity index (χ2v) is 10.0. The van der Waals surface area contributed by atoms with Crippen LogP contribution in [0.15, 0.2) is 48.5 Å². The summed E-state index contributed by atoms with van der Waals surface area (Å²) in [6, 6.07) is 14.5. The van der Waals surface area contributed by atoms with Gasteiger partial charge in [-0.05, 0) is 79.8 Å². The van der Waals surface area contributed by atoms with E-state index in [1.54, 1.807) is 19.2 Å². The molecule has 2 N–H and O–H groups in total. The number of nitrogens with one attached hydrogen (secondary N) is 2. The van der Waals surface area contributed by atoms with E-state index in [0.717, 1.165) is 75.3 Å². The number of ether oxygens (including phenoxy) is 1. The van der Waals surface area contributed by atoms with Gasteiger partial charge in [-0.25, -0.2) is 9.18 Å². The first-order valence-corrected chi connectivity index (χ1v) is 12.7. The number of nitrogens with zero attached hydrogens (tertiary/aromatic N) is 3. The number of carbonyl (C=O) groups is 1. The van der Waals surface area contributed by atoms with Gasteiger partial charge >= 0.3 is 6.03 Å². The monoisotopic (exact) mass is 481 g/mol. The fraction of sp³-hybridized carbons (Fsp3) is 0.519. The Labute approximate surface area is 207 Å². The number of urea groups is 1. The van der Waals surface area contributed by atoms with Crippen LogP contribution < -0.4 is 20.3 Å². The summed E-state index contributed by atoms with van der Waals surface area (Å²) in [4.78, 5) is 19.9. The van der Waals surface area contributed by atoms with E-state index in [-0.39, 0.29) is 11.8 Å². The number of piperidine rings is 3. The predicted molar refractivity (Wildman–Crippen MR) is 137 cm³/mol. The average molecular weight is 482 g/mol. The molecule has 0 aliphatic carbocycles. The molecule has 1 unspecified atom stereocenters. The standard InChI is InChI=1S/C27H36FN5O2/c1-35-26-8-4-23(5-9-26)30-27(34)29-17-25-16-20-10-11-33(25)19-21(20)18-31-12-14-32(15-13-31)24-6-2-22(28)3-7-24/h2-9,20-21,25H,10-19H2,1H3,(H2,29,30,34)/t20-,21+,25-/m1/s1. The summed E-state index contributed by atoms with van der Waals surface area (Å²) in [5, 5.41) is 5.98. The molecule has 2 aromatic rings. The van der Waals surface area contributed by atoms with Crippen molar-refractivity contribution < 1.29 is 13.9 Å². The van der Waals surface area contributed by atoms with Gasteiger partial charge in [-0.1, -0.05) is 0 Å². The second-order valence-electron chi connectivity index (χ2n) is 10.0. The lowest BCUT2D eigenvalue weighted by atomic mass is 9.75. The minimum Gasteiger partial charge on any atom is -0.497 e. The highest BCUT2D eigenvalue weighted by molar-refractivity contribution is 5.89. The highest BCUT2D eigenvalue weighted by atomic mass is 19.1. The number of anilines is 2. The summed E-state index contributed by atoms with van der Waals surface area (Å²) in [5.41, 5.74) is 1.87. The van der Waals surface area contributed by atoms with Gasteiger partial charge in [0.25, 0.3) is 0 Å². The minimum absolute atomic E-state index is 0.159. The number of amides is 2. The van der Waals surface area contributed by atoms with Crippen LogP contribution in [0.4, 0.5) is 20.6 Å². The molecule has 8 heteroatoms. The second kappa shape index (κ2) is 10.8. The molecular weight excluding hydrogens is 445 g/mol. The SMILES string of the molecule is COc1ccc(NC(=O)NC[C@H]2C[C@H]3CCN2C[C@@H]3CN2CCN(c3ccc(F)cc3)CC2)cc1. The quantitative estimate of drug-likeness (QED) is 0.634. The molecule has 7 nitrogen and oxygen atoms in total. The Bertz CT molecular complexity index is 978. The zero-order valence-corrected chi connectivity index (χ0v) is 20.5. The first kappa shape index (κ1) is 23.9. The molecule has 0 spiro atoms. The number of fused-ring (bicyclic) bond motifs is 3. The highest BCUT2D eigenvalue weighted by Gasteiger charge is 2.40. The van der Waals surface area contributed by atoms with Crippen molar-refractivity contribution in [2.24, 2.45) is 11.8 Å². The Balaban J connectivity index is 1.05. The Morgan fingerprint density at radius 3 is 2.43 bits per heavy atom. The lowest BCUT2D eigenvalue weighted by Gasteiger charge is -2.51. The lowest BCUT2D eigenvalue weighted by Crippen LogP contribution is -2.59. The third-order valence-electron chi connectivity index (χ3n) is 7.92. The van der Waals surface area contributed by atoms with Crippen LogP contribution in [0.2, 0.25) is 0 Å². The van der Waals surface area contributed by atoms with Gasteiger partial charge in [0.2, 0.25) is 0 Å². The van der Waals surface area contributed by atoms with Gasteiger partial charge in [0.05, 0.1) is 7.11 Å². The Morgan fingerprint density at radius 2 is 1.77 bits per heavy atom. The van der Waals surface area contributed by atoms with Crippen LogP contribution in [0.3, 0.4) is 0 Å². The molecule has 4 fully saturated rings. The maximum atomic E-state index is 13.2. The largest absolute Gasteiger partial charge is 0.497 e. The molecule has 35 heavy (non-hydrogen) atoms. The number of benzene rings is 2. The summed E-state index contributed by atoms with van der Waals surface area (Å²) in [6.45, 7) is 8.17. The van der Waals surface area contributed by atoms with Crippen LogP contribution in [-0.2, 0) is 0 Å². The first-order valence-electron chi connectivity index (χ1n) is 12.7. The van der Waals surface area contributed by atoms with Crippen molar-refractivity contribution in [3.63, 3.8) is 0 Å². The first-order chi connectivity index (χ1) is 17.1. The summed E-state index contributed by atoms with van der Waals surface area (Å²) in [5.74, 6) is 2.02. The number of hydrogen-bond donors (Lipinski definition) is 2. The molecule has 0 saturated carbocycles. The van der Waals surface area contributed by atoms with E-state index in [1.807, 2.05) is 36.4 Å². The number of carbonyl (C=O) groups excluding carboxylic acids is 1. The molecule has 2 bridgehead atoms. The van der Waals surface area contributed by atoms with Crippen LogP contribution in [-0.4, -0.2) is 81.3 Å². The summed E-state index contributed by atoms with van der Waals surface area (Å²) in [6.07, 6.45) is 2.41. The molecule has 0 aromatic heterocycles. The Kier molecular flexibility index (Phi) is 7.39. The van der Waals surface area contributed by atoms with Crippen molar-refractivity contribution >= 4 is 17.4 Å². The van der Waals surface area contributed by atoms with E-state index in [1.165, 1.54) is 6.42 Å². The van der Waals surface area contributed by atoms with Crippen molar-refractivity contribution in [2.75, 3.05) is 69.7 Å². The van der Waals surface area contributed by atoms with E-state index >= 15 is 0 Å². The Hall–Kier alpha value is -2.84. The highest BCUT2D eigenvalue weighted by Crippen LogP contribution is 2.36. The predicted octanol–water partition coefficient (Wildman–Crippen LogP) is 3.49. The number of rotatable bonds is 7. The van der Waals surface area contributed by atoms with Gasteiger partial charge in [0.1, 0.15) is 11.6 Å². The zero-order chi connectivity index (χ0) is 24.2. The minimum atomic E-state index is -0.180. The molecule has 4 aliphatic heterocycles. The van der Waals surface area contributed by atoms with E-state index < -0.39 is 0 Å². The van der Waals surface area contributed by atoms with Crippen LogP contribution in [0.5, 0.6) is 5.75 Å². The smallest absolute Gasteiger partial charge is 0.319 e. The fourth-order valence-electron chi connectivity index (χ4n) is 5.90. The van der Waals surface area contributed by atoms with E-state index in [0.29, 0.717) is 18.5 Å². The molecule has 4 saturated heterocycles. The molecule has 2 aromatic carbocycles. The molecule has 4 aliphatic rings. The van der Waals surface area contributed by atoms with E-state index in [4.69, 9.17) is 4.74 Å². The average Bonchev–Trinajstić information content (AvgIpc) is 2.89. The van der Waals surface area contributed by atoms with Gasteiger partial charge in [-0.3, -0.25) is 9.80 Å². The van der Waals surface area contributed by atoms with Gasteiger partial charge in [0.15, 0.2) is 0 Å². The van der Waals surface area contributed by atoms with Crippen LogP contribution in [0.25, 0.3) is 0 Å². The fourth-order valence-corrected chi connectivity index (χ4v) is 5.90. The van der Waals surface area contributed by atoms with Gasteiger partial charge < -0.3 is 20.3 Å². The number of piperazine rings is 1. The molecular formula is C27H36FN5O2. The molecule has 4 heterocycles. The zero-order valence-electron chi connectivity index (χ0n) is 20.5. The Morgan fingerprint density at radius 1 is 1.03 bits per heavy atom. The van der Waals surface area contributed by atoms with Crippen molar-refractivity contribution in [3.05, 3.63) is 54.3 Å². The topological polar surface area (TPSA) is 60.1 Å². The molecule has 0 radical (unpaired) electrons. The third-order valence-corrected chi connectivity index (χ3v) is 7.92. The van der Waals surface area contributed by atoms with Gasteiger partial charge in [0, 0.05) is 63.2 Å². The molecule has 6 rings (SSSR count). The number of halogens is 1. The van der Waals surface area contributed by atoms with Crippen LogP contribution in [0, 0.1) is 17.7 Å². The summed E-state index contributed by atoms with van der Waals surface area (Å²) < 4.78 is 18.4. The van der Waals surface area contributed by atoms with Crippen molar-refractivity contribution in [2.45, 2.75) is 18.9 Å². The molecule has 188 valence electrons. The maximum absolute atomic E-state index is 13.2. The van der Waals surface area contributed by atoms with Crippen LogP contribution in [0.1, 0.15) is 12.8 Å². The van der Waals surface area contributed by atoms with Crippen molar-refractivity contribution in [3.8, 4) is 5.75 Å². The molecule has 2 amide bonds. The number of hydrogen-bond acceptors (Lipinski definition) is 5. The number of methoxy groups -OCH3 is 1. The summed E-state index contributed by atoms with van der Waals surface area (Å²) in [7, 11) is 1.63. The van der Waals surface area contributed by atoms with Crippen molar-refractivity contribution in [1.82, 2.24) is 15.1 Å². The van der Waals surface area contributed by atoms with Crippen LogP contribution >= 0.6 is 0 Å². The normalized spacial score (nSPS) is 26.4. The lowest BCUT2D eigenvalue weighted by molar-refractivity contribution is -0.0114. The summed E-state index contributed by atoms with van der Waals surface area (Å²) >= 11 is 0.